The number of amides is 1. The van der Waals surface area contributed by atoms with Crippen molar-refractivity contribution in [1.82, 2.24) is 4.90 Å². The highest BCUT2D eigenvalue weighted by molar-refractivity contribution is 5.94. The van der Waals surface area contributed by atoms with Gasteiger partial charge in [0.25, 0.3) is 5.91 Å². The first kappa shape index (κ1) is 16.2. The Morgan fingerprint density at radius 2 is 1.75 bits per heavy atom. The zero-order valence-electron chi connectivity index (χ0n) is 12.3. The molecule has 4 heteroatoms. The minimum absolute atomic E-state index is 0.0102. The van der Waals surface area contributed by atoms with E-state index in [9.17, 15) is 9.59 Å². The van der Waals surface area contributed by atoms with Crippen molar-refractivity contribution in [3.63, 3.8) is 0 Å². The second kappa shape index (κ2) is 8.35. The normalized spacial score (nSPS) is 10.3. The molecule has 1 amide bonds. The summed E-state index contributed by atoms with van der Waals surface area (Å²) in [5.74, 6) is -0.954. The zero-order chi connectivity index (χ0) is 15.0. The molecule has 0 unspecified atom stereocenters. The third-order valence-corrected chi connectivity index (χ3v) is 3.21. The van der Waals surface area contributed by atoms with E-state index in [1.165, 1.54) is 0 Å². The van der Waals surface area contributed by atoms with Crippen molar-refractivity contribution in [1.29, 1.82) is 0 Å². The fourth-order valence-corrected chi connectivity index (χ4v) is 1.98. The molecule has 0 fully saturated rings. The molecule has 1 rings (SSSR count). The molecule has 0 bridgehead atoms. The average Bonchev–Trinajstić information content (AvgIpc) is 2.42. The first-order valence-corrected chi connectivity index (χ1v) is 7.12. The van der Waals surface area contributed by atoms with Crippen molar-refractivity contribution in [2.75, 3.05) is 13.1 Å². The summed E-state index contributed by atoms with van der Waals surface area (Å²) in [6.07, 6.45) is 3.02. The standard InChI is InChI=1S/C16H23NO3/c1-3-4-5-11-17(12-10-15(18)19)16(20)14-8-6-13(2)7-9-14/h6-9H,3-5,10-12H2,1-2H3,(H,18,19). The number of carboxylic acids is 1. The molecule has 0 atom stereocenters. The Balaban J connectivity index is 2.71. The van der Waals surface area contributed by atoms with Crippen molar-refractivity contribution >= 4 is 11.9 Å². The van der Waals surface area contributed by atoms with E-state index in [4.69, 9.17) is 5.11 Å². The first-order chi connectivity index (χ1) is 9.54. The van der Waals surface area contributed by atoms with Crippen LogP contribution < -0.4 is 0 Å². The molecular weight excluding hydrogens is 254 g/mol. The summed E-state index contributed by atoms with van der Waals surface area (Å²) in [6.45, 7) is 4.96. The smallest absolute Gasteiger partial charge is 0.305 e. The first-order valence-electron chi connectivity index (χ1n) is 7.12. The number of aliphatic carboxylic acids is 1. The van der Waals surface area contributed by atoms with E-state index in [1.807, 2.05) is 19.1 Å². The van der Waals surface area contributed by atoms with E-state index in [0.717, 1.165) is 24.8 Å². The number of hydrogen-bond acceptors (Lipinski definition) is 2. The van der Waals surface area contributed by atoms with E-state index in [0.29, 0.717) is 12.1 Å². The summed E-state index contributed by atoms with van der Waals surface area (Å²) in [6, 6.07) is 7.39. The summed E-state index contributed by atoms with van der Waals surface area (Å²) < 4.78 is 0. The van der Waals surface area contributed by atoms with E-state index < -0.39 is 5.97 Å². The second-order valence-corrected chi connectivity index (χ2v) is 5.01. The van der Waals surface area contributed by atoms with Gasteiger partial charge in [0.05, 0.1) is 6.42 Å². The molecule has 4 nitrogen and oxygen atoms in total. The van der Waals surface area contributed by atoms with Crippen molar-refractivity contribution in [2.24, 2.45) is 0 Å². The highest BCUT2D eigenvalue weighted by atomic mass is 16.4. The summed E-state index contributed by atoms with van der Waals surface area (Å²) in [4.78, 5) is 24.7. The maximum absolute atomic E-state index is 12.4. The highest BCUT2D eigenvalue weighted by Crippen LogP contribution is 2.09. The highest BCUT2D eigenvalue weighted by Gasteiger charge is 2.16. The molecule has 0 heterocycles. The fourth-order valence-electron chi connectivity index (χ4n) is 1.98. The lowest BCUT2D eigenvalue weighted by atomic mass is 10.1. The van der Waals surface area contributed by atoms with Gasteiger partial charge in [0.1, 0.15) is 0 Å². The lowest BCUT2D eigenvalue weighted by molar-refractivity contribution is -0.137. The maximum atomic E-state index is 12.4. The van der Waals surface area contributed by atoms with Crippen molar-refractivity contribution < 1.29 is 14.7 Å². The molecule has 1 aromatic carbocycles. The monoisotopic (exact) mass is 277 g/mol. The number of carboxylic acid groups (broad SMARTS) is 1. The van der Waals surface area contributed by atoms with Crippen molar-refractivity contribution in [3.05, 3.63) is 35.4 Å². The fraction of sp³-hybridized carbons (Fsp3) is 0.500. The third-order valence-electron chi connectivity index (χ3n) is 3.21. The van der Waals surface area contributed by atoms with Crippen molar-refractivity contribution in [3.8, 4) is 0 Å². The number of nitrogens with zero attached hydrogens (tertiary/aromatic N) is 1. The summed E-state index contributed by atoms with van der Waals surface area (Å²) in [5, 5.41) is 8.78. The molecular formula is C16H23NO3. The molecule has 110 valence electrons. The molecule has 0 radical (unpaired) electrons. The Hall–Kier alpha value is -1.84. The molecule has 0 saturated heterocycles. The lowest BCUT2D eigenvalue weighted by Crippen LogP contribution is -2.34. The number of aryl methyl sites for hydroxylation is 1. The van der Waals surface area contributed by atoms with Gasteiger partial charge in [-0.2, -0.15) is 0 Å². The van der Waals surface area contributed by atoms with E-state index in [1.54, 1.807) is 17.0 Å². The van der Waals surface area contributed by atoms with Crippen LogP contribution in [0.4, 0.5) is 0 Å². The third kappa shape index (κ3) is 5.43. The Bertz CT molecular complexity index is 440. The quantitative estimate of drug-likeness (QED) is 0.743. The molecule has 0 aliphatic carbocycles. The van der Waals surface area contributed by atoms with Crippen LogP contribution in [-0.4, -0.2) is 35.0 Å². The molecule has 0 aliphatic rings. The Kier molecular flexibility index (Phi) is 6.77. The van der Waals surface area contributed by atoms with Crippen LogP contribution in [0.15, 0.2) is 24.3 Å². The maximum Gasteiger partial charge on any atom is 0.305 e. The lowest BCUT2D eigenvalue weighted by Gasteiger charge is -2.22. The minimum Gasteiger partial charge on any atom is -0.481 e. The molecule has 20 heavy (non-hydrogen) atoms. The summed E-state index contributed by atoms with van der Waals surface area (Å²) in [7, 11) is 0. The Morgan fingerprint density at radius 3 is 2.30 bits per heavy atom. The van der Waals surface area contributed by atoms with Crippen LogP contribution in [0.5, 0.6) is 0 Å². The van der Waals surface area contributed by atoms with E-state index in [2.05, 4.69) is 6.92 Å². The molecule has 0 spiro atoms. The zero-order valence-corrected chi connectivity index (χ0v) is 12.3. The number of hydrogen-bond donors (Lipinski definition) is 1. The van der Waals surface area contributed by atoms with Crippen LogP contribution in [0.1, 0.15) is 48.5 Å². The van der Waals surface area contributed by atoms with Gasteiger partial charge in [0, 0.05) is 18.7 Å². The van der Waals surface area contributed by atoms with Crippen LogP contribution in [0.2, 0.25) is 0 Å². The Labute approximate surface area is 120 Å². The number of rotatable bonds is 8. The largest absolute Gasteiger partial charge is 0.481 e. The molecule has 1 N–H and O–H groups in total. The van der Waals surface area contributed by atoms with E-state index in [-0.39, 0.29) is 18.9 Å². The van der Waals surface area contributed by atoms with Gasteiger partial charge in [-0.25, -0.2) is 0 Å². The number of carbonyl (C=O) groups excluding carboxylic acids is 1. The van der Waals surface area contributed by atoms with Gasteiger partial charge in [-0.15, -0.1) is 0 Å². The van der Waals surface area contributed by atoms with Crippen LogP contribution >= 0.6 is 0 Å². The SMILES string of the molecule is CCCCCN(CCC(=O)O)C(=O)c1ccc(C)cc1. The Morgan fingerprint density at radius 1 is 1.10 bits per heavy atom. The predicted molar refractivity (Wildman–Crippen MR) is 78.9 cm³/mol. The van der Waals surface area contributed by atoms with Gasteiger partial charge in [-0.05, 0) is 25.5 Å². The van der Waals surface area contributed by atoms with Gasteiger partial charge in [0.15, 0.2) is 0 Å². The van der Waals surface area contributed by atoms with E-state index >= 15 is 0 Å². The topological polar surface area (TPSA) is 57.6 Å². The van der Waals surface area contributed by atoms with Crippen LogP contribution in [0.3, 0.4) is 0 Å². The molecule has 0 saturated carbocycles. The van der Waals surface area contributed by atoms with Crippen LogP contribution in [-0.2, 0) is 4.79 Å². The number of carbonyl (C=O) groups is 2. The molecule has 0 aromatic heterocycles. The second-order valence-electron chi connectivity index (χ2n) is 5.01. The number of benzene rings is 1. The predicted octanol–water partition coefficient (Wildman–Crippen LogP) is 3.10. The number of unbranched alkanes of at least 4 members (excludes halogenated alkanes) is 2. The molecule has 1 aromatic rings. The summed E-state index contributed by atoms with van der Waals surface area (Å²) >= 11 is 0. The van der Waals surface area contributed by atoms with Gasteiger partial charge in [-0.3, -0.25) is 9.59 Å². The van der Waals surface area contributed by atoms with Crippen molar-refractivity contribution in [2.45, 2.75) is 39.5 Å². The van der Waals surface area contributed by atoms with Crippen LogP contribution in [0.25, 0.3) is 0 Å². The van der Waals surface area contributed by atoms with Gasteiger partial charge < -0.3 is 10.0 Å². The molecule has 0 aliphatic heterocycles. The van der Waals surface area contributed by atoms with Gasteiger partial charge in [-0.1, -0.05) is 37.5 Å². The average molecular weight is 277 g/mol. The van der Waals surface area contributed by atoms with Gasteiger partial charge in [0.2, 0.25) is 0 Å². The van der Waals surface area contributed by atoms with Crippen LogP contribution in [0, 0.1) is 6.92 Å². The summed E-state index contributed by atoms with van der Waals surface area (Å²) in [5.41, 5.74) is 1.72. The van der Waals surface area contributed by atoms with Gasteiger partial charge >= 0.3 is 5.97 Å². The minimum atomic E-state index is -0.873.